The summed E-state index contributed by atoms with van der Waals surface area (Å²) >= 11 is 0. The number of fused-ring (bicyclic) bond motifs is 1. The van der Waals surface area contributed by atoms with E-state index < -0.39 is 5.91 Å². The first-order valence-electron chi connectivity index (χ1n) is 8.08. The number of nitrogens with one attached hydrogen (secondary N) is 1. The molecule has 0 fully saturated rings. The van der Waals surface area contributed by atoms with Crippen molar-refractivity contribution in [1.82, 2.24) is 10.5 Å². The highest BCUT2D eigenvalue weighted by Crippen LogP contribution is 2.30. The fourth-order valence-corrected chi connectivity index (χ4v) is 2.62. The predicted octanol–water partition coefficient (Wildman–Crippen LogP) is 3.05. The summed E-state index contributed by atoms with van der Waals surface area (Å²) < 4.78 is 29.7. The molecule has 7 heteroatoms. The highest BCUT2D eigenvalue weighted by atomic mass is 19.1. The van der Waals surface area contributed by atoms with E-state index in [9.17, 15) is 9.18 Å². The van der Waals surface area contributed by atoms with Crippen LogP contribution in [0.5, 0.6) is 11.5 Å². The van der Waals surface area contributed by atoms with Crippen molar-refractivity contribution in [1.29, 1.82) is 0 Å². The van der Waals surface area contributed by atoms with E-state index in [1.54, 1.807) is 12.1 Å². The van der Waals surface area contributed by atoms with Gasteiger partial charge in [-0.3, -0.25) is 4.79 Å². The lowest BCUT2D eigenvalue weighted by atomic mass is 10.1. The number of carbonyl (C=O) groups is 1. The number of benzene rings is 2. The van der Waals surface area contributed by atoms with Gasteiger partial charge in [0.15, 0.2) is 11.5 Å². The number of ether oxygens (including phenoxy) is 2. The van der Waals surface area contributed by atoms with Crippen molar-refractivity contribution in [2.24, 2.45) is 0 Å². The minimum atomic E-state index is -0.428. The Morgan fingerprint density at radius 1 is 1.15 bits per heavy atom. The van der Waals surface area contributed by atoms with Crippen molar-refractivity contribution in [3.8, 4) is 22.8 Å². The standard InChI is InChI=1S/C19H15FN2O4/c20-13-5-3-4-12(8-13)15-9-18(26-22-15)19(23)21-10-14-11-24-16-6-1-2-7-17(16)25-14/h1-9,14H,10-11H2,(H,21,23)/t14-/m0/s1. The largest absolute Gasteiger partial charge is 0.486 e. The number of nitrogens with zero attached hydrogens (tertiary/aromatic N) is 1. The Morgan fingerprint density at radius 2 is 2.00 bits per heavy atom. The summed E-state index contributed by atoms with van der Waals surface area (Å²) in [6.45, 7) is 0.589. The maximum atomic E-state index is 13.3. The SMILES string of the molecule is O=C(NC[C@H]1COc2ccccc2O1)c1cc(-c2cccc(F)c2)no1. The van der Waals surface area contributed by atoms with Gasteiger partial charge in [0.2, 0.25) is 5.76 Å². The Kier molecular flexibility index (Phi) is 4.27. The molecule has 0 bridgehead atoms. The molecule has 0 radical (unpaired) electrons. The highest BCUT2D eigenvalue weighted by molar-refractivity contribution is 5.92. The van der Waals surface area contributed by atoms with Gasteiger partial charge >= 0.3 is 0 Å². The average Bonchev–Trinajstić information content (AvgIpc) is 3.16. The third-order valence-electron chi connectivity index (χ3n) is 3.91. The molecule has 1 aliphatic rings. The van der Waals surface area contributed by atoms with Crippen LogP contribution in [0.25, 0.3) is 11.3 Å². The van der Waals surface area contributed by atoms with Gasteiger partial charge in [-0.25, -0.2) is 4.39 Å². The third kappa shape index (κ3) is 3.37. The van der Waals surface area contributed by atoms with E-state index in [2.05, 4.69) is 10.5 Å². The Hall–Kier alpha value is -3.35. The zero-order valence-corrected chi connectivity index (χ0v) is 13.6. The van der Waals surface area contributed by atoms with Gasteiger partial charge in [0.05, 0.1) is 6.54 Å². The van der Waals surface area contributed by atoms with Crippen LogP contribution in [0.15, 0.2) is 59.1 Å². The molecule has 1 aliphatic heterocycles. The van der Waals surface area contributed by atoms with E-state index in [4.69, 9.17) is 14.0 Å². The zero-order valence-electron chi connectivity index (χ0n) is 13.6. The van der Waals surface area contributed by atoms with Crippen LogP contribution >= 0.6 is 0 Å². The van der Waals surface area contributed by atoms with E-state index in [1.165, 1.54) is 18.2 Å². The molecule has 4 rings (SSSR count). The first kappa shape index (κ1) is 16.1. The minimum absolute atomic E-state index is 0.0430. The third-order valence-corrected chi connectivity index (χ3v) is 3.91. The van der Waals surface area contributed by atoms with Crippen LogP contribution < -0.4 is 14.8 Å². The number of carbonyl (C=O) groups excluding carboxylic acids is 1. The van der Waals surface area contributed by atoms with Crippen molar-refractivity contribution >= 4 is 5.91 Å². The molecule has 1 atom stereocenters. The monoisotopic (exact) mass is 354 g/mol. The van der Waals surface area contributed by atoms with Crippen molar-refractivity contribution in [3.63, 3.8) is 0 Å². The topological polar surface area (TPSA) is 73.6 Å². The molecule has 0 saturated heterocycles. The van der Waals surface area contributed by atoms with E-state index in [-0.39, 0.29) is 24.2 Å². The Morgan fingerprint density at radius 3 is 2.85 bits per heavy atom. The number of hydrogen-bond donors (Lipinski definition) is 1. The number of amides is 1. The number of hydrogen-bond acceptors (Lipinski definition) is 5. The molecule has 26 heavy (non-hydrogen) atoms. The molecule has 1 amide bonds. The smallest absolute Gasteiger partial charge is 0.290 e. The van der Waals surface area contributed by atoms with Crippen LogP contribution in [0.3, 0.4) is 0 Å². The fraction of sp³-hybridized carbons (Fsp3) is 0.158. The van der Waals surface area contributed by atoms with Crippen LogP contribution in [0.4, 0.5) is 4.39 Å². The summed E-state index contributed by atoms with van der Waals surface area (Å²) in [5.41, 5.74) is 0.925. The average molecular weight is 354 g/mol. The molecule has 0 unspecified atom stereocenters. The summed E-state index contributed by atoms with van der Waals surface area (Å²) in [6.07, 6.45) is -0.306. The van der Waals surface area contributed by atoms with Crippen LogP contribution in [-0.2, 0) is 0 Å². The molecule has 2 aromatic carbocycles. The molecule has 132 valence electrons. The van der Waals surface area contributed by atoms with E-state index >= 15 is 0 Å². The highest BCUT2D eigenvalue weighted by Gasteiger charge is 2.22. The fourth-order valence-electron chi connectivity index (χ4n) is 2.62. The second-order valence-corrected chi connectivity index (χ2v) is 5.79. The first-order valence-corrected chi connectivity index (χ1v) is 8.08. The van der Waals surface area contributed by atoms with Gasteiger partial charge < -0.3 is 19.3 Å². The predicted molar refractivity (Wildman–Crippen MR) is 90.6 cm³/mol. The maximum Gasteiger partial charge on any atom is 0.290 e. The molecule has 1 aromatic heterocycles. The Labute approximate surface area is 148 Å². The summed E-state index contributed by atoms with van der Waals surface area (Å²) in [5, 5.41) is 6.54. The Bertz CT molecular complexity index is 941. The lowest BCUT2D eigenvalue weighted by molar-refractivity contribution is 0.0768. The summed E-state index contributed by atoms with van der Waals surface area (Å²) in [4.78, 5) is 12.2. The molecule has 6 nitrogen and oxygen atoms in total. The second kappa shape index (κ2) is 6.87. The first-order chi connectivity index (χ1) is 12.7. The number of para-hydroxylation sites is 2. The van der Waals surface area contributed by atoms with Crippen molar-refractivity contribution < 1.29 is 23.2 Å². The van der Waals surface area contributed by atoms with E-state index in [0.717, 1.165) is 0 Å². The molecular formula is C19H15FN2O4. The zero-order chi connectivity index (χ0) is 17.9. The molecule has 1 N–H and O–H groups in total. The van der Waals surface area contributed by atoms with Crippen molar-refractivity contribution in [2.45, 2.75) is 6.10 Å². The van der Waals surface area contributed by atoms with Gasteiger partial charge in [-0.05, 0) is 24.3 Å². The Balaban J connectivity index is 1.37. The summed E-state index contributed by atoms with van der Waals surface area (Å²) in [6, 6.07) is 14.7. The van der Waals surface area contributed by atoms with Crippen LogP contribution in [-0.4, -0.2) is 30.3 Å². The second-order valence-electron chi connectivity index (χ2n) is 5.79. The molecule has 0 saturated carbocycles. The van der Waals surface area contributed by atoms with Gasteiger partial charge in [-0.2, -0.15) is 0 Å². The van der Waals surface area contributed by atoms with Gasteiger partial charge in [-0.15, -0.1) is 0 Å². The molecule has 0 aliphatic carbocycles. The molecular weight excluding hydrogens is 339 g/mol. The minimum Gasteiger partial charge on any atom is -0.486 e. The van der Waals surface area contributed by atoms with Crippen LogP contribution in [0.2, 0.25) is 0 Å². The van der Waals surface area contributed by atoms with Crippen molar-refractivity contribution in [2.75, 3.05) is 13.2 Å². The van der Waals surface area contributed by atoms with Gasteiger partial charge in [0, 0.05) is 11.6 Å². The molecule has 3 aromatic rings. The maximum absolute atomic E-state index is 13.3. The normalized spacial score (nSPS) is 15.5. The summed E-state index contributed by atoms with van der Waals surface area (Å²) in [7, 11) is 0. The van der Waals surface area contributed by atoms with Crippen LogP contribution in [0.1, 0.15) is 10.6 Å². The van der Waals surface area contributed by atoms with Gasteiger partial charge in [0.25, 0.3) is 5.91 Å². The molecule has 0 spiro atoms. The van der Waals surface area contributed by atoms with Crippen LogP contribution in [0, 0.1) is 5.82 Å². The van der Waals surface area contributed by atoms with Crippen molar-refractivity contribution in [3.05, 3.63) is 66.2 Å². The van der Waals surface area contributed by atoms with E-state index in [1.807, 2.05) is 24.3 Å². The van der Waals surface area contributed by atoms with Gasteiger partial charge in [-0.1, -0.05) is 29.4 Å². The quantitative estimate of drug-likeness (QED) is 0.780. The number of aromatic nitrogens is 1. The number of rotatable bonds is 4. The lowest BCUT2D eigenvalue weighted by Gasteiger charge is -2.26. The van der Waals surface area contributed by atoms with Gasteiger partial charge in [0.1, 0.15) is 24.2 Å². The van der Waals surface area contributed by atoms with E-state index in [0.29, 0.717) is 29.4 Å². The molecule has 2 heterocycles. The summed E-state index contributed by atoms with van der Waals surface area (Å²) in [5.74, 6) is 0.561. The lowest BCUT2D eigenvalue weighted by Crippen LogP contribution is -2.40. The number of halogens is 1.